The lowest BCUT2D eigenvalue weighted by Gasteiger charge is -2.60. The van der Waals surface area contributed by atoms with Crippen LogP contribution in [0.25, 0.3) is 0 Å². The fraction of sp³-hybridized carbons (Fsp3) is 0.955. The number of rotatable bonds is 2. The van der Waals surface area contributed by atoms with Gasteiger partial charge in [-0.1, -0.05) is 33.6 Å². The van der Waals surface area contributed by atoms with Gasteiger partial charge in [-0.3, -0.25) is 4.79 Å². The second kappa shape index (κ2) is 6.02. The van der Waals surface area contributed by atoms with Crippen LogP contribution in [0.15, 0.2) is 0 Å². The van der Waals surface area contributed by atoms with Gasteiger partial charge in [0.15, 0.2) is 0 Å². The highest BCUT2D eigenvalue weighted by Gasteiger charge is 2.60. The SMILES string of the molecule is CCC(=O)O[C@H]1CCC2C3CC[C@H]4CCCCC4(C)C3CCC21C. The molecule has 136 valence electrons. The molecule has 0 aromatic rings. The lowest BCUT2D eigenvalue weighted by Crippen LogP contribution is -2.53. The molecule has 4 saturated carbocycles. The van der Waals surface area contributed by atoms with Crippen molar-refractivity contribution in [3.8, 4) is 0 Å². The summed E-state index contributed by atoms with van der Waals surface area (Å²) in [6, 6.07) is 0. The molecule has 7 atom stereocenters. The van der Waals surface area contributed by atoms with Gasteiger partial charge in [0.05, 0.1) is 0 Å². The highest BCUT2D eigenvalue weighted by atomic mass is 16.5. The minimum Gasteiger partial charge on any atom is -0.462 e. The molecule has 24 heavy (non-hydrogen) atoms. The summed E-state index contributed by atoms with van der Waals surface area (Å²) in [7, 11) is 0. The number of esters is 1. The summed E-state index contributed by atoms with van der Waals surface area (Å²) in [5, 5.41) is 0. The molecular formula is C22H36O2. The quantitative estimate of drug-likeness (QED) is 0.603. The van der Waals surface area contributed by atoms with E-state index in [-0.39, 0.29) is 17.5 Å². The lowest BCUT2D eigenvalue weighted by atomic mass is 9.45. The van der Waals surface area contributed by atoms with Crippen LogP contribution < -0.4 is 0 Å². The van der Waals surface area contributed by atoms with E-state index in [4.69, 9.17) is 4.74 Å². The number of hydrogen-bond acceptors (Lipinski definition) is 2. The minimum absolute atomic E-state index is 0.00643. The van der Waals surface area contributed by atoms with Gasteiger partial charge in [-0.15, -0.1) is 0 Å². The maximum atomic E-state index is 11.9. The van der Waals surface area contributed by atoms with Crippen molar-refractivity contribution in [2.45, 2.75) is 97.5 Å². The first kappa shape index (κ1) is 16.9. The normalized spacial score (nSPS) is 50.5. The Bertz CT molecular complexity index is 500. The van der Waals surface area contributed by atoms with Crippen LogP contribution in [0.5, 0.6) is 0 Å². The third-order valence-electron chi connectivity index (χ3n) is 9.06. The highest BCUT2D eigenvalue weighted by Crippen LogP contribution is 2.66. The van der Waals surface area contributed by atoms with Crippen LogP contribution in [0.4, 0.5) is 0 Å². The Morgan fingerprint density at radius 1 is 0.917 bits per heavy atom. The number of ether oxygens (including phenoxy) is 1. The molecule has 0 aromatic carbocycles. The molecule has 4 fully saturated rings. The van der Waals surface area contributed by atoms with E-state index in [1.807, 2.05) is 6.92 Å². The standard InChI is InChI=1S/C22H36O2/c1-4-20(23)24-19-11-10-17-16-9-8-15-7-5-6-13-21(15,2)18(16)12-14-22(17,19)3/h15-19H,4-14H2,1-3H3/t15-,16?,17?,18?,19+,21?,22?/m1/s1. The van der Waals surface area contributed by atoms with Crippen LogP contribution in [0.3, 0.4) is 0 Å². The van der Waals surface area contributed by atoms with Crippen LogP contribution in [-0.2, 0) is 9.53 Å². The molecule has 0 radical (unpaired) electrons. The van der Waals surface area contributed by atoms with E-state index in [2.05, 4.69) is 13.8 Å². The van der Waals surface area contributed by atoms with Crippen molar-refractivity contribution in [2.75, 3.05) is 0 Å². The monoisotopic (exact) mass is 332 g/mol. The molecule has 2 nitrogen and oxygen atoms in total. The van der Waals surface area contributed by atoms with E-state index in [0.717, 1.165) is 30.1 Å². The predicted octanol–water partition coefficient (Wildman–Crippen LogP) is 5.74. The number of carbonyl (C=O) groups is 1. The van der Waals surface area contributed by atoms with Crippen LogP contribution in [0.2, 0.25) is 0 Å². The molecule has 0 aromatic heterocycles. The molecule has 4 aliphatic rings. The van der Waals surface area contributed by atoms with Crippen molar-refractivity contribution in [1.29, 1.82) is 0 Å². The second-order valence-electron chi connectivity index (χ2n) is 9.86. The average Bonchev–Trinajstić information content (AvgIpc) is 2.91. The largest absolute Gasteiger partial charge is 0.462 e. The third kappa shape index (κ3) is 2.38. The van der Waals surface area contributed by atoms with Gasteiger partial charge >= 0.3 is 5.97 Å². The van der Waals surface area contributed by atoms with E-state index in [1.54, 1.807) is 0 Å². The fourth-order valence-electron chi connectivity index (χ4n) is 7.68. The summed E-state index contributed by atoms with van der Waals surface area (Å²) in [5.41, 5.74) is 0.866. The molecule has 0 bridgehead atoms. The summed E-state index contributed by atoms with van der Waals surface area (Å²) >= 11 is 0. The Hall–Kier alpha value is -0.530. The van der Waals surface area contributed by atoms with Gasteiger partial charge in [0.25, 0.3) is 0 Å². The van der Waals surface area contributed by atoms with Crippen LogP contribution >= 0.6 is 0 Å². The lowest BCUT2D eigenvalue weighted by molar-refractivity contribution is -0.163. The van der Waals surface area contributed by atoms with E-state index >= 15 is 0 Å². The third-order valence-corrected chi connectivity index (χ3v) is 9.06. The zero-order valence-electron chi connectivity index (χ0n) is 16.0. The highest BCUT2D eigenvalue weighted by molar-refractivity contribution is 5.69. The van der Waals surface area contributed by atoms with E-state index in [1.165, 1.54) is 57.8 Å². The minimum atomic E-state index is 0.00643. The van der Waals surface area contributed by atoms with Gasteiger partial charge in [0.1, 0.15) is 6.10 Å². The van der Waals surface area contributed by atoms with E-state index < -0.39 is 0 Å². The molecule has 4 rings (SSSR count). The van der Waals surface area contributed by atoms with Crippen LogP contribution in [0, 0.1) is 34.5 Å². The molecule has 0 heterocycles. The molecule has 5 unspecified atom stereocenters. The average molecular weight is 333 g/mol. The van der Waals surface area contributed by atoms with Gasteiger partial charge in [0, 0.05) is 11.8 Å². The first-order valence-corrected chi connectivity index (χ1v) is 10.7. The van der Waals surface area contributed by atoms with Crippen molar-refractivity contribution >= 4 is 5.97 Å². The first-order valence-electron chi connectivity index (χ1n) is 10.7. The molecular weight excluding hydrogens is 296 g/mol. The Balaban J connectivity index is 1.56. The molecule has 0 amide bonds. The van der Waals surface area contributed by atoms with E-state index in [9.17, 15) is 4.79 Å². The van der Waals surface area contributed by atoms with Crippen molar-refractivity contribution in [2.24, 2.45) is 34.5 Å². The zero-order valence-corrected chi connectivity index (χ0v) is 16.0. The van der Waals surface area contributed by atoms with Gasteiger partial charge in [0.2, 0.25) is 0 Å². The van der Waals surface area contributed by atoms with E-state index in [0.29, 0.717) is 11.8 Å². The van der Waals surface area contributed by atoms with Crippen molar-refractivity contribution < 1.29 is 9.53 Å². The van der Waals surface area contributed by atoms with Crippen LogP contribution in [-0.4, -0.2) is 12.1 Å². The fourth-order valence-corrected chi connectivity index (χ4v) is 7.68. The topological polar surface area (TPSA) is 26.3 Å². The first-order chi connectivity index (χ1) is 11.5. The van der Waals surface area contributed by atoms with Gasteiger partial charge in [-0.25, -0.2) is 0 Å². The van der Waals surface area contributed by atoms with Gasteiger partial charge < -0.3 is 4.74 Å². The number of fused-ring (bicyclic) bond motifs is 5. The summed E-state index contributed by atoms with van der Waals surface area (Å²) in [6.45, 7) is 7.00. The Kier molecular flexibility index (Phi) is 4.24. The van der Waals surface area contributed by atoms with Crippen molar-refractivity contribution in [3.05, 3.63) is 0 Å². The maximum Gasteiger partial charge on any atom is 0.305 e. The molecule has 0 N–H and O–H groups in total. The second-order valence-corrected chi connectivity index (χ2v) is 9.86. The Morgan fingerprint density at radius 2 is 1.71 bits per heavy atom. The summed E-state index contributed by atoms with van der Waals surface area (Å²) in [4.78, 5) is 11.9. The Labute approximate surface area is 148 Å². The molecule has 4 aliphatic carbocycles. The predicted molar refractivity (Wildman–Crippen MR) is 96.5 cm³/mol. The van der Waals surface area contributed by atoms with Crippen molar-refractivity contribution in [3.63, 3.8) is 0 Å². The van der Waals surface area contributed by atoms with Crippen molar-refractivity contribution in [1.82, 2.24) is 0 Å². The zero-order chi connectivity index (χ0) is 16.9. The maximum absolute atomic E-state index is 11.9. The summed E-state index contributed by atoms with van der Waals surface area (Å²) in [5.74, 6) is 3.63. The number of hydrogen-bond donors (Lipinski definition) is 0. The molecule has 2 heteroatoms. The van der Waals surface area contributed by atoms with Crippen LogP contribution in [0.1, 0.15) is 91.4 Å². The molecule has 0 aliphatic heterocycles. The molecule has 0 saturated heterocycles. The summed E-state index contributed by atoms with van der Waals surface area (Å²) in [6.07, 6.45) is 14.5. The Morgan fingerprint density at radius 3 is 2.50 bits per heavy atom. The van der Waals surface area contributed by atoms with Gasteiger partial charge in [-0.05, 0) is 80.5 Å². The smallest absolute Gasteiger partial charge is 0.305 e. The summed E-state index contributed by atoms with van der Waals surface area (Å²) < 4.78 is 5.91. The number of carbonyl (C=O) groups excluding carboxylic acids is 1. The van der Waals surface area contributed by atoms with Gasteiger partial charge in [-0.2, -0.15) is 0 Å². The molecule has 0 spiro atoms.